The fourth-order valence-corrected chi connectivity index (χ4v) is 3.21. The number of likely N-dealkylation sites (tertiary alicyclic amines) is 1. The first kappa shape index (κ1) is 20.6. The number of hydrogen-bond donors (Lipinski definition) is 1. The van der Waals surface area contributed by atoms with Crippen LogP contribution in [0.25, 0.3) is 0 Å². The van der Waals surface area contributed by atoms with Gasteiger partial charge in [-0.15, -0.1) is 10.2 Å². The van der Waals surface area contributed by atoms with Crippen molar-refractivity contribution >= 4 is 11.8 Å². The number of amides is 2. The van der Waals surface area contributed by atoms with E-state index in [0.29, 0.717) is 54.8 Å². The van der Waals surface area contributed by atoms with E-state index in [0.717, 1.165) is 0 Å². The topological polar surface area (TPSA) is 107 Å². The zero-order valence-electron chi connectivity index (χ0n) is 17.1. The lowest BCUT2D eigenvalue weighted by atomic mass is 10.1. The van der Waals surface area contributed by atoms with E-state index in [1.54, 1.807) is 51.0 Å². The van der Waals surface area contributed by atoms with Crippen LogP contribution in [0.5, 0.6) is 11.5 Å². The molecule has 0 saturated carbocycles. The van der Waals surface area contributed by atoms with E-state index in [9.17, 15) is 9.59 Å². The first-order chi connectivity index (χ1) is 13.9. The van der Waals surface area contributed by atoms with Gasteiger partial charge in [0, 0.05) is 39.8 Å². The first-order valence-corrected chi connectivity index (χ1v) is 9.58. The van der Waals surface area contributed by atoms with Gasteiger partial charge in [-0.05, 0) is 25.1 Å². The Labute approximate surface area is 169 Å². The predicted molar refractivity (Wildman–Crippen MR) is 104 cm³/mol. The number of carbonyl (C=O) groups is 2. The lowest BCUT2D eigenvalue weighted by Crippen LogP contribution is -2.40. The number of rotatable bonds is 6. The van der Waals surface area contributed by atoms with Gasteiger partial charge in [0.2, 0.25) is 17.7 Å². The van der Waals surface area contributed by atoms with Gasteiger partial charge in [0.05, 0.1) is 12.7 Å². The fourth-order valence-electron chi connectivity index (χ4n) is 3.21. The number of methoxy groups -OCH3 is 1. The predicted octanol–water partition coefficient (Wildman–Crippen LogP) is 2.27. The van der Waals surface area contributed by atoms with Crippen molar-refractivity contribution in [1.29, 1.82) is 0 Å². The normalized spacial score (nSPS) is 15.7. The number of piperidine rings is 1. The fraction of sp³-hybridized carbons (Fsp3) is 0.500. The summed E-state index contributed by atoms with van der Waals surface area (Å²) in [6.07, 6.45) is 1.36. The van der Waals surface area contributed by atoms with E-state index in [1.165, 1.54) is 0 Å². The molecule has 1 aliphatic rings. The highest BCUT2D eigenvalue weighted by molar-refractivity contribution is 5.97. The highest BCUT2D eigenvalue weighted by Crippen LogP contribution is 2.28. The number of nitrogens with zero attached hydrogens (tertiary/aromatic N) is 3. The van der Waals surface area contributed by atoms with Gasteiger partial charge in [-0.2, -0.15) is 0 Å². The monoisotopic (exact) mass is 402 g/mol. The number of nitrogens with one attached hydrogen (secondary N) is 1. The maximum absolute atomic E-state index is 12.9. The van der Waals surface area contributed by atoms with Gasteiger partial charge in [0.1, 0.15) is 23.6 Å². The van der Waals surface area contributed by atoms with Crippen LogP contribution in [0.1, 0.15) is 54.9 Å². The molecule has 2 aromatic rings. The molecular formula is C20H26N4O5. The Morgan fingerprint density at radius 2 is 2.00 bits per heavy atom. The van der Waals surface area contributed by atoms with Crippen molar-refractivity contribution < 1.29 is 23.5 Å². The summed E-state index contributed by atoms with van der Waals surface area (Å²) in [5.74, 6) is 1.52. The van der Waals surface area contributed by atoms with Crippen molar-refractivity contribution in [2.24, 2.45) is 0 Å². The Morgan fingerprint density at radius 1 is 1.28 bits per heavy atom. The second-order valence-corrected chi connectivity index (χ2v) is 7.04. The molecule has 9 nitrogen and oxygen atoms in total. The summed E-state index contributed by atoms with van der Waals surface area (Å²) in [7, 11) is 1.54. The Balaban J connectivity index is 1.73. The van der Waals surface area contributed by atoms with E-state index in [1.807, 2.05) is 0 Å². The molecule has 1 aromatic carbocycles. The van der Waals surface area contributed by atoms with Crippen LogP contribution in [-0.4, -0.2) is 53.2 Å². The van der Waals surface area contributed by atoms with E-state index in [2.05, 4.69) is 15.5 Å². The molecule has 0 aliphatic carbocycles. The van der Waals surface area contributed by atoms with E-state index in [4.69, 9.17) is 13.9 Å². The largest absolute Gasteiger partial charge is 0.497 e. The molecular weight excluding hydrogens is 376 g/mol. The number of hydrogen-bond acceptors (Lipinski definition) is 7. The Morgan fingerprint density at radius 3 is 2.59 bits per heavy atom. The average Bonchev–Trinajstić information content (AvgIpc) is 3.15. The van der Waals surface area contributed by atoms with Crippen LogP contribution in [-0.2, 0) is 4.79 Å². The molecule has 9 heteroatoms. The minimum Gasteiger partial charge on any atom is -0.497 e. The van der Waals surface area contributed by atoms with Crippen molar-refractivity contribution in [3.63, 3.8) is 0 Å². The molecule has 0 unspecified atom stereocenters. The maximum atomic E-state index is 12.9. The molecule has 29 heavy (non-hydrogen) atoms. The van der Waals surface area contributed by atoms with Crippen LogP contribution in [0.3, 0.4) is 0 Å². The van der Waals surface area contributed by atoms with E-state index in [-0.39, 0.29) is 17.9 Å². The molecule has 0 bridgehead atoms. The molecule has 1 fully saturated rings. The smallest absolute Gasteiger partial charge is 0.255 e. The van der Waals surface area contributed by atoms with Crippen molar-refractivity contribution in [3.05, 3.63) is 35.5 Å². The number of carbonyl (C=O) groups excluding carboxylic acids is 2. The van der Waals surface area contributed by atoms with Gasteiger partial charge in [-0.3, -0.25) is 9.59 Å². The minimum atomic E-state index is -0.457. The number of benzene rings is 1. The Kier molecular flexibility index (Phi) is 6.36. The third-order valence-electron chi connectivity index (χ3n) is 4.87. The van der Waals surface area contributed by atoms with Gasteiger partial charge in [-0.25, -0.2) is 0 Å². The number of aryl methyl sites for hydroxylation is 1. The van der Waals surface area contributed by atoms with Gasteiger partial charge < -0.3 is 24.1 Å². The SMILES string of the molecule is COc1ccc(OC2CCN(C(C)=O)CC2)c(C(=O)N[C@@H](C)c2nnc(C)o2)c1. The number of ether oxygens (including phenoxy) is 2. The van der Waals surface area contributed by atoms with Crippen molar-refractivity contribution in [2.45, 2.75) is 45.8 Å². The summed E-state index contributed by atoms with van der Waals surface area (Å²) in [5.41, 5.74) is 0.362. The molecule has 2 amide bonds. The summed E-state index contributed by atoms with van der Waals surface area (Å²) in [6, 6.07) is 4.66. The van der Waals surface area contributed by atoms with Crippen LogP contribution in [0.4, 0.5) is 0 Å². The maximum Gasteiger partial charge on any atom is 0.255 e. The van der Waals surface area contributed by atoms with Crippen LogP contribution < -0.4 is 14.8 Å². The summed E-state index contributed by atoms with van der Waals surface area (Å²) < 4.78 is 16.8. The molecule has 1 aliphatic heterocycles. The summed E-state index contributed by atoms with van der Waals surface area (Å²) in [4.78, 5) is 26.2. The van der Waals surface area contributed by atoms with Gasteiger partial charge >= 0.3 is 0 Å². The average molecular weight is 402 g/mol. The molecule has 0 radical (unpaired) electrons. The molecule has 2 heterocycles. The summed E-state index contributed by atoms with van der Waals surface area (Å²) in [6.45, 7) is 6.31. The minimum absolute atomic E-state index is 0.0678. The van der Waals surface area contributed by atoms with E-state index >= 15 is 0 Å². The van der Waals surface area contributed by atoms with Crippen molar-refractivity contribution in [3.8, 4) is 11.5 Å². The third-order valence-corrected chi connectivity index (χ3v) is 4.87. The molecule has 1 aromatic heterocycles. The molecule has 1 saturated heterocycles. The third kappa shape index (κ3) is 5.04. The molecule has 1 N–H and O–H groups in total. The van der Waals surface area contributed by atoms with Crippen molar-refractivity contribution in [1.82, 2.24) is 20.4 Å². The van der Waals surface area contributed by atoms with Gasteiger partial charge in [-0.1, -0.05) is 0 Å². The zero-order chi connectivity index (χ0) is 21.0. The quantitative estimate of drug-likeness (QED) is 0.790. The van der Waals surface area contributed by atoms with Crippen LogP contribution >= 0.6 is 0 Å². The highest BCUT2D eigenvalue weighted by atomic mass is 16.5. The van der Waals surface area contributed by atoms with Crippen molar-refractivity contribution in [2.75, 3.05) is 20.2 Å². The first-order valence-electron chi connectivity index (χ1n) is 9.58. The zero-order valence-corrected chi connectivity index (χ0v) is 17.1. The summed E-state index contributed by atoms with van der Waals surface area (Å²) >= 11 is 0. The second-order valence-electron chi connectivity index (χ2n) is 7.04. The molecule has 0 spiro atoms. The molecule has 1 atom stereocenters. The standard InChI is InChI=1S/C20H26N4O5/c1-12(20-23-22-13(2)28-20)21-19(26)17-11-16(27-4)5-6-18(17)29-15-7-9-24(10-8-15)14(3)25/h5-6,11-12,15H,7-10H2,1-4H3,(H,21,26)/t12-/m0/s1. The van der Waals surface area contributed by atoms with Crippen LogP contribution in [0.2, 0.25) is 0 Å². The van der Waals surface area contributed by atoms with Gasteiger partial charge in [0.25, 0.3) is 5.91 Å². The Hall–Kier alpha value is -3.10. The lowest BCUT2D eigenvalue weighted by Gasteiger charge is -2.31. The molecule has 156 valence electrons. The second kappa shape index (κ2) is 8.93. The number of aromatic nitrogens is 2. The molecule has 3 rings (SSSR count). The highest BCUT2D eigenvalue weighted by Gasteiger charge is 2.25. The van der Waals surface area contributed by atoms with Gasteiger partial charge in [0.15, 0.2) is 0 Å². The summed E-state index contributed by atoms with van der Waals surface area (Å²) in [5, 5.41) is 10.6. The Bertz CT molecular complexity index is 874. The lowest BCUT2D eigenvalue weighted by molar-refractivity contribution is -0.130. The van der Waals surface area contributed by atoms with E-state index < -0.39 is 6.04 Å². The van der Waals surface area contributed by atoms with Crippen LogP contribution in [0.15, 0.2) is 22.6 Å². The van der Waals surface area contributed by atoms with Crippen LogP contribution in [0, 0.1) is 6.92 Å².